The number of halogens is 1. The van der Waals surface area contributed by atoms with Crippen molar-refractivity contribution < 1.29 is 23.7 Å². The zero-order valence-electron chi connectivity index (χ0n) is 12.7. The molecule has 0 saturated heterocycles. The van der Waals surface area contributed by atoms with Crippen molar-refractivity contribution >= 4 is 23.6 Å². The van der Waals surface area contributed by atoms with Gasteiger partial charge in [-0.3, -0.25) is 0 Å². The second-order valence-electron chi connectivity index (χ2n) is 4.92. The van der Waals surface area contributed by atoms with Crippen molar-refractivity contribution in [1.82, 2.24) is 0 Å². The molecule has 0 atom stereocenters. The van der Waals surface area contributed by atoms with E-state index >= 15 is 0 Å². The number of ether oxygens (including phenoxy) is 4. The Morgan fingerprint density at radius 2 is 1.88 bits per heavy atom. The molecular weight excluding hydrogens is 332 g/mol. The maximum Gasteiger partial charge on any atom is 0.330 e. The van der Waals surface area contributed by atoms with Crippen molar-refractivity contribution in [2.45, 2.75) is 0 Å². The Hall–Kier alpha value is -2.66. The van der Waals surface area contributed by atoms with E-state index in [1.54, 1.807) is 42.5 Å². The van der Waals surface area contributed by atoms with Gasteiger partial charge in [0.15, 0.2) is 11.5 Å². The van der Waals surface area contributed by atoms with Crippen molar-refractivity contribution in [3.05, 3.63) is 59.1 Å². The third kappa shape index (κ3) is 4.43. The number of carbonyl (C=O) groups is 1. The maximum absolute atomic E-state index is 11.7. The summed E-state index contributed by atoms with van der Waals surface area (Å²) >= 11 is 5.78. The zero-order chi connectivity index (χ0) is 16.8. The van der Waals surface area contributed by atoms with Gasteiger partial charge in [-0.05, 0) is 48.0 Å². The van der Waals surface area contributed by atoms with Crippen LogP contribution in [0.5, 0.6) is 17.2 Å². The van der Waals surface area contributed by atoms with Gasteiger partial charge in [0.1, 0.15) is 19.0 Å². The predicted molar refractivity (Wildman–Crippen MR) is 89.5 cm³/mol. The molecule has 1 heterocycles. The van der Waals surface area contributed by atoms with Crippen molar-refractivity contribution in [3.8, 4) is 17.2 Å². The molecule has 0 spiro atoms. The van der Waals surface area contributed by atoms with Crippen LogP contribution in [-0.4, -0.2) is 26.0 Å². The predicted octanol–water partition coefficient (Wildman–Crippen LogP) is 3.70. The van der Waals surface area contributed by atoms with E-state index in [1.165, 1.54) is 6.08 Å². The second-order valence-corrected chi connectivity index (χ2v) is 5.35. The molecule has 5 nitrogen and oxygen atoms in total. The highest BCUT2D eigenvalue weighted by Crippen LogP contribution is 2.32. The van der Waals surface area contributed by atoms with E-state index in [0.717, 1.165) is 5.56 Å². The van der Waals surface area contributed by atoms with E-state index in [2.05, 4.69) is 0 Å². The Morgan fingerprint density at radius 1 is 1.08 bits per heavy atom. The van der Waals surface area contributed by atoms with Crippen molar-refractivity contribution in [3.63, 3.8) is 0 Å². The number of rotatable bonds is 6. The van der Waals surface area contributed by atoms with Crippen molar-refractivity contribution in [2.75, 3.05) is 20.0 Å². The van der Waals surface area contributed by atoms with Gasteiger partial charge in [0.05, 0.1) is 0 Å². The van der Waals surface area contributed by atoms with Crippen LogP contribution >= 0.6 is 11.6 Å². The van der Waals surface area contributed by atoms with Gasteiger partial charge in [-0.2, -0.15) is 0 Å². The van der Waals surface area contributed by atoms with Gasteiger partial charge in [-0.1, -0.05) is 17.7 Å². The Bertz CT molecular complexity index is 740. The fraction of sp³-hybridized carbons (Fsp3) is 0.167. The number of benzene rings is 2. The molecule has 6 heteroatoms. The van der Waals surface area contributed by atoms with Crippen LogP contribution in [-0.2, 0) is 9.53 Å². The second kappa shape index (κ2) is 7.75. The molecule has 24 heavy (non-hydrogen) atoms. The normalized spacial score (nSPS) is 12.4. The molecule has 0 aliphatic carbocycles. The van der Waals surface area contributed by atoms with Gasteiger partial charge >= 0.3 is 5.97 Å². The zero-order valence-corrected chi connectivity index (χ0v) is 13.5. The minimum absolute atomic E-state index is 0.160. The number of esters is 1. The van der Waals surface area contributed by atoms with Crippen LogP contribution in [0.4, 0.5) is 0 Å². The molecule has 0 fully saturated rings. The summed E-state index contributed by atoms with van der Waals surface area (Å²) in [5.74, 6) is 1.61. The first kappa shape index (κ1) is 16.2. The fourth-order valence-corrected chi connectivity index (χ4v) is 2.19. The highest BCUT2D eigenvalue weighted by molar-refractivity contribution is 6.30. The molecule has 0 bridgehead atoms. The number of hydrogen-bond donors (Lipinski definition) is 0. The lowest BCUT2D eigenvalue weighted by molar-refractivity contribution is -0.138. The van der Waals surface area contributed by atoms with Gasteiger partial charge < -0.3 is 18.9 Å². The Labute approximate surface area is 144 Å². The minimum Gasteiger partial charge on any atom is -0.490 e. The molecule has 2 aromatic carbocycles. The van der Waals surface area contributed by atoms with E-state index in [1.807, 2.05) is 6.07 Å². The molecule has 1 aliphatic rings. The molecule has 0 unspecified atom stereocenters. The maximum atomic E-state index is 11.7. The van der Waals surface area contributed by atoms with Crippen molar-refractivity contribution in [1.29, 1.82) is 0 Å². The summed E-state index contributed by atoms with van der Waals surface area (Å²) in [5.41, 5.74) is 0.827. The lowest BCUT2D eigenvalue weighted by Crippen LogP contribution is -2.10. The summed E-state index contributed by atoms with van der Waals surface area (Å²) < 4.78 is 21.0. The molecule has 3 rings (SSSR count). The summed E-state index contributed by atoms with van der Waals surface area (Å²) in [6.07, 6.45) is 3.02. The highest BCUT2D eigenvalue weighted by Gasteiger charge is 2.12. The Morgan fingerprint density at radius 3 is 2.71 bits per heavy atom. The van der Waals surface area contributed by atoms with Gasteiger partial charge in [0, 0.05) is 11.1 Å². The summed E-state index contributed by atoms with van der Waals surface area (Å²) in [6, 6.07) is 12.4. The number of fused-ring (bicyclic) bond motifs is 1. The quantitative estimate of drug-likeness (QED) is 0.453. The Balaban J connectivity index is 1.41. The lowest BCUT2D eigenvalue weighted by Gasteiger charge is -2.06. The summed E-state index contributed by atoms with van der Waals surface area (Å²) in [4.78, 5) is 11.7. The van der Waals surface area contributed by atoms with Gasteiger partial charge in [0.25, 0.3) is 0 Å². The molecule has 1 aliphatic heterocycles. The molecule has 2 aromatic rings. The van der Waals surface area contributed by atoms with Crippen LogP contribution in [0, 0.1) is 0 Å². The van der Waals surface area contributed by atoms with Crippen LogP contribution < -0.4 is 14.2 Å². The molecule has 0 aromatic heterocycles. The molecule has 0 radical (unpaired) electrons. The van der Waals surface area contributed by atoms with E-state index < -0.39 is 5.97 Å². The van der Waals surface area contributed by atoms with Gasteiger partial charge in [-0.25, -0.2) is 4.79 Å². The topological polar surface area (TPSA) is 54.0 Å². The standard InChI is InChI=1S/C18H15ClO5/c19-14-3-5-15(6-4-14)21-9-10-22-18(20)8-2-13-1-7-16-17(11-13)24-12-23-16/h1-8,11H,9-10,12H2/b8-2+. The van der Waals surface area contributed by atoms with Crippen LogP contribution in [0.2, 0.25) is 5.02 Å². The monoisotopic (exact) mass is 346 g/mol. The van der Waals surface area contributed by atoms with Crippen LogP contribution in [0.25, 0.3) is 6.08 Å². The van der Waals surface area contributed by atoms with Gasteiger partial charge in [-0.15, -0.1) is 0 Å². The van der Waals surface area contributed by atoms with E-state index in [9.17, 15) is 4.79 Å². The third-order valence-corrected chi connectivity index (χ3v) is 3.47. The molecule has 0 saturated carbocycles. The molecule has 124 valence electrons. The average Bonchev–Trinajstić information content (AvgIpc) is 3.06. The van der Waals surface area contributed by atoms with E-state index in [4.69, 9.17) is 30.5 Å². The fourth-order valence-electron chi connectivity index (χ4n) is 2.06. The average molecular weight is 347 g/mol. The first-order chi connectivity index (χ1) is 11.7. The molecule has 0 N–H and O–H groups in total. The number of carbonyl (C=O) groups excluding carboxylic acids is 1. The van der Waals surface area contributed by atoms with Gasteiger partial charge in [0.2, 0.25) is 6.79 Å². The molecule has 0 amide bonds. The number of hydrogen-bond acceptors (Lipinski definition) is 5. The first-order valence-corrected chi connectivity index (χ1v) is 7.71. The van der Waals surface area contributed by atoms with E-state index in [-0.39, 0.29) is 20.0 Å². The Kier molecular flexibility index (Phi) is 5.23. The first-order valence-electron chi connectivity index (χ1n) is 7.33. The molecular formula is C18H15ClO5. The summed E-state index contributed by atoms with van der Waals surface area (Å²) in [5, 5.41) is 0.641. The van der Waals surface area contributed by atoms with E-state index in [0.29, 0.717) is 22.3 Å². The summed E-state index contributed by atoms with van der Waals surface area (Å²) in [6.45, 7) is 0.649. The van der Waals surface area contributed by atoms with Crippen LogP contribution in [0.15, 0.2) is 48.5 Å². The van der Waals surface area contributed by atoms with Crippen LogP contribution in [0.3, 0.4) is 0 Å². The minimum atomic E-state index is -0.438. The van der Waals surface area contributed by atoms with Crippen molar-refractivity contribution in [2.24, 2.45) is 0 Å². The lowest BCUT2D eigenvalue weighted by atomic mass is 10.2. The SMILES string of the molecule is O=C(/C=C/c1ccc2c(c1)OCO2)OCCOc1ccc(Cl)cc1. The smallest absolute Gasteiger partial charge is 0.330 e. The largest absolute Gasteiger partial charge is 0.490 e. The summed E-state index contributed by atoms with van der Waals surface area (Å²) in [7, 11) is 0. The highest BCUT2D eigenvalue weighted by atomic mass is 35.5. The van der Waals surface area contributed by atoms with Crippen LogP contribution in [0.1, 0.15) is 5.56 Å². The third-order valence-electron chi connectivity index (χ3n) is 3.22.